The lowest BCUT2D eigenvalue weighted by Crippen LogP contribution is -2.15. The average Bonchev–Trinajstić information content (AvgIpc) is 3.16. The van der Waals surface area contributed by atoms with Crippen molar-refractivity contribution in [3.63, 3.8) is 0 Å². The lowest BCUT2D eigenvalue weighted by Gasteiger charge is -2.13. The molecule has 0 radical (unpaired) electrons. The molecule has 0 saturated carbocycles. The normalized spacial score (nSPS) is 13.3. The number of amides is 1. The molecule has 8 heteroatoms. The zero-order valence-electron chi connectivity index (χ0n) is 18.3. The van der Waals surface area contributed by atoms with E-state index in [9.17, 15) is 4.79 Å². The van der Waals surface area contributed by atoms with E-state index in [2.05, 4.69) is 19.2 Å². The van der Waals surface area contributed by atoms with Gasteiger partial charge in [-0.05, 0) is 43.4 Å². The first-order chi connectivity index (χ1) is 15.0. The van der Waals surface area contributed by atoms with E-state index in [0.717, 1.165) is 33.9 Å². The van der Waals surface area contributed by atoms with Gasteiger partial charge in [-0.2, -0.15) is 0 Å². The molecule has 0 unspecified atom stereocenters. The van der Waals surface area contributed by atoms with Gasteiger partial charge in [0.25, 0.3) is 0 Å². The molecule has 1 amide bonds. The van der Waals surface area contributed by atoms with Crippen molar-refractivity contribution < 1.29 is 14.3 Å². The van der Waals surface area contributed by atoms with Crippen LogP contribution >= 0.6 is 23.1 Å². The average molecular weight is 458 g/mol. The molecule has 6 nitrogen and oxygen atoms in total. The van der Waals surface area contributed by atoms with E-state index in [-0.39, 0.29) is 17.6 Å². The van der Waals surface area contributed by atoms with Gasteiger partial charge in [0.15, 0.2) is 0 Å². The third kappa shape index (κ3) is 4.65. The van der Waals surface area contributed by atoms with E-state index in [4.69, 9.17) is 19.4 Å². The Morgan fingerprint density at radius 1 is 1.19 bits per heavy atom. The number of anilines is 1. The minimum absolute atomic E-state index is 0.112. The SMILES string of the molecule is COc1ccc(OC)c(NC(=O)CSc2nc(C(C)C)nc3sc4c(c23)CCCC4)c1. The quantitative estimate of drug-likeness (QED) is 0.376. The second-order valence-corrected chi connectivity index (χ2v) is 9.88. The summed E-state index contributed by atoms with van der Waals surface area (Å²) in [5, 5.41) is 5.01. The van der Waals surface area contributed by atoms with Gasteiger partial charge in [-0.25, -0.2) is 9.97 Å². The molecule has 1 aliphatic rings. The molecule has 1 aliphatic carbocycles. The monoisotopic (exact) mass is 457 g/mol. The highest BCUT2D eigenvalue weighted by Gasteiger charge is 2.22. The lowest BCUT2D eigenvalue weighted by atomic mass is 9.97. The van der Waals surface area contributed by atoms with Crippen molar-refractivity contribution in [1.82, 2.24) is 9.97 Å². The molecular formula is C23H27N3O3S2. The van der Waals surface area contributed by atoms with Gasteiger partial charge in [0.2, 0.25) is 5.91 Å². The molecule has 0 fully saturated rings. The maximum absolute atomic E-state index is 12.8. The molecule has 1 N–H and O–H groups in total. The highest BCUT2D eigenvalue weighted by Crippen LogP contribution is 2.40. The number of hydrogen-bond donors (Lipinski definition) is 1. The van der Waals surface area contributed by atoms with Crippen LogP contribution in [-0.4, -0.2) is 35.8 Å². The highest BCUT2D eigenvalue weighted by atomic mass is 32.2. The fourth-order valence-electron chi connectivity index (χ4n) is 3.73. The van der Waals surface area contributed by atoms with Crippen LogP contribution in [0.15, 0.2) is 23.2 Å². The van der Waals surface area contributed by atoms with Crippen LogP contribution in [0.5, 0.6) is 11.5 Å². The number of nitrogens with zero attached hydrogens (tertiary/aromatic N) is 2. The van der Waals surface area contributed by atoms with E-state index in [1.165, 1.54) is 35.0 Å². The second-order valence-electron chi connectivity index (χ2n) is 7.84. The van der Waals surface area contributed by atoms with Crippen molar-refractivity contribution in [1.29, 1.82) is 0 Å². The number of rotatable bonds is 7. The summed E-state index contributed by atoms with van der Waals surface area (Å²) in [6, 6.07) is 5.34. The lowest BCUT2D eigenvalue weighted by molar-refractivity contribution is -0.113. The third-order valence-electron chi connectivity index (χ3n) is 5.34. The van der Waals surface area contributed by atoms with Crippen molar-refractivity contribution in [2.75, 3.05) is 25.3 Å². The number of ether oxygens (including phenoxy) is 2. The van der Waals surface area contributed by atoms with Crippen LogP contribution in [0.1, 0.15) is 48.9 Å². The Balaban J connectivity index is 1.58. The van der Waals surface area contributed by atoms with Crippen molar-refractivity contribution in [3.8, 4) is 11.5 Å². The molecule has 164 valence electrons. The van der Waals surface area contributed by atoms with Crippen LogP contribution in [0.2, 0.25) is 0 Å². The summed E-state index contributed by atoms with van der Waals surface area (Å²) >= 11 is 3.28. The summed E-state index contributed by atoms with van der Waals surface area (Å²) in [5.41, 5.74) is 1.98. The molecule has 2 heterocycles. The highest BCUT2D eigenvalue weighted by molar-refractivity contribution is 8.00. The maximum atomic E-state index is 12.8. The number of fused-ring (bicyclic) bond motifs is 3. The summed E-state index contributed by atoms with van der Waals surface area (Å²) in [6.07, 6.45) is 4.62. The van der Waals surface area contributed by atoms with Crippen LogP contribution in [-0.2, 0) is 17.6 Å². The predicted molar refractivity (Wildman–Crippen MR) is 127 cm³/mol. The second kappa shape index (κ2) is 9.44. The first kappa shape index (κ1) is 21.9. The summed E-state index contributed by atoms with van der Waals surface area (Å²) in [4.78, 5) is 25.0. The molecule has 4 rings (SSSR count). The topological polar surface area (TPSA) is 73.3 Å². The fraction of sp³-hybridized carbons (Fsp3) is 0.435. The van der Waals surface area contributed by atoms with Gasteiger partial charge in [-0.3, -0.25) is 4.79 Å². The molecule has 0 atom stereocenters. The van der Waals surface area contributed by atoms with Crippen LogP contribution in [0.3, 0.4) is 0 Å². The smallest absolute Gasteiger partial charge is 0.234 e. The number of nitrogens with one attached hydrogen (secondary N) is 1. The number of thiophene rings is 1. The van der Waals surface area contributed by atoms with Crippen molar-refractivity contribution >= 4 is 44.9 Å². The number of carbonyl (C=O) groups is 1. The van der Waals surface area contributed by atoms with Gasteiger partial charge in [0.05, 0.1) is 25.7 Å². The third-order valence-corrected chi connectivity index (χ3v) is 7.50. The summed E-state index contributed by atoms with van der Waals surface area (Å²) in [7, 11) is 3.18. The van der Waals surface area contributed by atoms with E-state index in [1.807, 2.05) is 0 Å². The zero-order chi connectivity index (χ0) is 22.0. The maximum Gasteiger partial charge on any atom is 0.234 e. The van der Waals surface area contributed by atoms with E-state index >= 15 is 0 Å². The number of aryl methyl sites for hydroxylation is 2. The number of methoxy groups -OCH3 is 2. The predicted octanol–water partition coefficient (Wildman–Crippen LogP) is 5.44. The number of carbonyl (C=O) groups excluding carboxylic acids is 1. The van der Waals surface area contributed by atoms with Gasteiger partial charge in [-0.1, -0.05) is 25.6 Å². The first-order valence-electron chi connectivity index (χ1n) is 10.5. The Hall–Kier alpha value is -2.32. The number of hydrogen-bond acceptors (Lipinski definition) is 7. The van der Waals surface area contributed by atoms with Gasteiger partial charge < -0.3 is 14.8 Å². The Kier molecular flexibility index (Phi) is 6.67. The van der Waals surface area contributed by atoms with Crippen LogP contribution in [0.25, 0.3) is 10.2 Å². The molecule has 0 bridgehead atoms. The summed E-state index contributed by atoms with van der Waals surface area (Å²) in [6.45, 7) is 4.20. The molecular weight excluding hydrogens is 430 g/mol. The van der Waals surface area contributed by atoms with Gasteiger partial charge in [0, 0.05) is 22.2 Å². The Morgan fingerprint density at radius 3 is 2.74 bits per heavy atom. The largest absolute Gasteiger partial charge is 0.497 e. The molecule has 0 spiro atoms. The Labute approximate surface area is 190 Å². The molecule has 31 heavy (non-hydrogen) atoms. The summed E-state index contributed by atoms with van der Waals surface area (Å²) < 4.78 is 10.6. The van der Waals surface area contributed by atoms with E-state index in [1.54, 1.807) is 43.8 Å². The number of benzene rings is 1. The van der Waals surface area contributed by atoms with Crippen molar-refractivity contribution in [2.45, 2.75) is 50.5 Å². The standard InChI is InChI=1S/C23H27N3O3S2/c1-13(2)21-25-22(20-15-7-5-6-8-18(15)31-23(20)26-21)30-12-19(27)24-16-11-14(28-3)9-10-17(16)29-4/h9-11,13H,5-8,12H2,1-4H3,(H,24,27). The molecule has 0 aliphatic heterocycles. The van der Waals surface area contributed by atoms with Crippen LogP contribution < -0.4 is 14.8 Å². The van der Waals surface area contributed by atoms with Crippen molar-refractivity contribution in [2.24, 2.45) is 0 Å². The van der Waals surface area contributed by atoms with Gasteiger partial charge in [-0.15, -0.1) is 11.3 Å². The molecule has 3 aromatic rings. The van der Waals surface area contributed by atoms with E-state index in [0.29, 0.717) is 17.2 Å². The molecule has 0 saturated heterocycles. The summed E-state index contributed by atoms with van der Waals surface area (Å²) in [5.74, 6) is 2.47. The molecule has 1 aromatic carbocycles. The van der Waals surface area contributed by atoms with Gasteiger partial charge >= 0.3 is 0 Å². The van der Waals surface area contributed by atoms with E-state index < -0.39 is 0 Å². The number of aromatic nitrogens is 2. The molecule has 2 aromatic heterocycles. The van der Waals surface area contributed by atoms with Crippen LogP contribution in [0, 0.1) is 0 Å². The van der Waals surface area contributed by atoms with Crippen molar-refractivity contribution in [3.05, 3.63) is 34.5 Å². The minimum Gasteiger partial charge on any atom is -0.497 e. The minimum atomic E-state index is -0.112. The fourth-order valence-corrected chi connectivity index (χ4v) is 5.93. The van der Waals surface area contributed by atoms with Crippen LogP contribution in [0.4, 0.5) is 5.69 Å². The Bertz CT molecular complexity index is 1110. The van der Waals surface area contributed by atoms with Gasteiger partial charge in [0.1, 0.15) is 27.2 Å². The number of thioether (sulfide) groups is 1. The zero-order valence-corrected chi connectivity index (χ0v) is 19.9. The Morgan fingerprint density at radius 2 is 2.00 bits per heavy atom. The first-order valence-corrected chi connectivity index (χ1v) is 12.3.